The van der Waals surface area contributed by atoms with Crippen molar-refractivity contribution in [1.29, 1.82) is 0 Å². The Morgan fingerprint density at radius 1 is 0.838 bits per heavy atom. The molecule has 0 aliphatic carbocycles. The summed E-state index contributed by atoms with van der Waals surface area (Å²) in [6, 6.07) is 26.8. The number of aromatic nitrogens is 1. The summed E-state index contributed by atoms with van der Waals surface area (Å²) >= 11 is 6.42. The van der Waals surface area contributed by atoms with Crippen LogP contribution in [-0.4, -0.2) is 10.9 Å². The highest BCUT2D eigenvalue weighted by atomic mass is 35.5. The monoisotopic (exact) mass is 506 g/mol. The van der Waals surface area contributed by atoms with Crippen LogP contribution in [0.5, 0.6) is 0 Å². The van der Waals surface area contributed by atoms with E-state index in [0.717, 1.165) is 16.5 Å². The summed E-state index contributed by atoms with van der Waals surface area (Å²) in [5.74, 6) is 0.0684. The predicted molar refractivity (Wildman–Crippen MR) is 145 cm³/mol. The van der Waals surface area contributed by atoms with Crippen LogP contribution in [0, 0.1) is 6.92 Å². The van der Waals surface area contributed by atoms with Crippen molar-refractivity contribution in [3.05, 3.63) is 118 Å². The molecular weight excluding hydrogens is 488 g/mol. The molecule has 180 valence electrons. The second-order valence-corrected chi connectivity index (χ2v) is 9.11. The maximum Gasteiger partial charge on any atom is 0.344 e. The second kappa shape index (κ2) is 9.08. The zero-order valence-electron chi connectivity index (χ0n) is 19.6. The van der Waals surface area contributed by atoms with E-state index in [1.807, 2.05) is 43.3 Å². The molecule has 0 aliphatic rings. The Morgan fingerprint density at radius 2 is 1.65 bits per heavy atom. The van der Waals surface area contributed by atoms with Gasteiger partial charge in [0.25, 0.3) is 5.91 Å². The van der Waals surface area contributed by atoms with Gasteiger partial charge in [-0.2, -0.15) is 0 Å². The van der Waals surface area contributed by atoms with E-state index in [1.165, 1.54) is 0 Å². The number of nitrogens with zero attached hydrogens (tertiary/aromatic N) is 1. The van der Waals surface area contributed by atoms with Crippen molar-refractivity contribution < 1.29 is 13.6 Å². The van der Waals surface area contributed by atoms with Gasteiger partial charge in [0.15, 0.2) is 5.58 Å². The molecule has 0 atom stereocenters. The van der Waals surface area contributed by atoms with Crippen LogP contribution in [-0.2, 0) is 0 Å². The van der Waals surface area contributed by atoms with Crippen molar-refractivity contribution in [3.8, 4) is 22.6 Å². The smallest absolute Gasteiger partial charge is 0.344 e. The van der Waals surface area contributed by atoms with E-state index in [1.54, 1.807) is 54.6 Å². The van der Waals surface area contributed by atoms with E-state index in [4.69, 9.17) is 20.4 Å². The molecule has 0 aliphatic heterocycles. The van der Waals surface area contributed by atoms with E-state index < -0.39 is 5.63 Å². The molecule has 7 heteroatoms. The van der Waals surface area contributed by atoms with E-state index in [-0.39, 0.29) is 5.91 Å². The number of amides is 1. The summed E-state index contributed by atoms with van der Waals surface area (Å²) in [6.07, 6.45) is 0. The number of anilines is 1. The van der Waals surface area contributed by atoms with Gasteiger partial charge in [0.05, 0.1) is 16.1 Å². The van der Waals surface area contributed by atoms with Gasteiger partial charge in [0.2, 0.25) is 5.89 Å². The van der Waals surface area contributed by atoms with Gasteiger partial charge in [-0.3, -0.25) is 4.79 Å². The average molecular weight is 507 g/mol. The number of fused-ring (bicyclic) bond motifs is 2. The Balaban J connectivity index is 1.25. The van der Waals surface area contributed by atoms with E-state index in [9.17, 15) is 9.59 Å². The molecule has 0 spiro atoms. The second-order valence-electron chi connectivity index (χ2n) is 8.70. The summed E-state index contributed by atoms with van der Waals surface area (Å²) in [6.45, 7) is 1.98. The van der Waals surface area contributed by atoms with Crippen LogP contribution in [0.25, 0.3) is 44.7 Å². The fraction of sp³-hybridized carbons (Fsp3) is 0.0333. The number of hydrogen-bond donors (Lipinski definition) is 1. The molecule has 6 rings (SSSR count). The third-order valence-electron chi connectivity index (χ3n) is 6.10. The zero-order chi connectivity index (χ0) is 25.5. The van der Waals surface area contributed by atoms with Crippen molar-refractivity contribution in [1.82, 2.24) is 4.98 Å². The highest BCUT2D eigenvalue weighted by Crippen LogP contribution is 2.33. The van der Waals surface area contributed by atoms with Crippen molar-refractivity contribution in [3.63, 3.8) is 0 Å². The molecule has 0 unspecified atom stereocenters. The van der Waals surface area contributed by atoms with Gasteiger partial charge in [0.1, 0.15) is 11.1 Å². The molecule has 0 fully saturated rings. The largest absolute Gasteiger partial charge is 0.436 e. The van der Waals surface area contributed by atoms with Gasteiger partial charge >= 0.3 is 5.63 Å². The summed E-state index contributed by atoms with van der Waals surface area (Å²) in [7, 11) is 0. The molecule has 1 amide bonds. The molecule has 2 heterocycles. The highest BCUT2D eigenvalue weighted by molar-refractivity contribution is 6.33. The Hall–Kier alpha value is -4.68. The van der Waals surface area contributed by atoms with Gasteiger partial charge in [-0.25, -0.2) is 9.78 Å². The summed E-state index contributed by atoms with van der Waals surface area (Å²) in [4.78, 5) is 30.0. The SMILES string of the molecule is Cc1ccc2nc(-c3cc(NC(=O)c4ccc(-c5cc6ccccc6oc5=O)cc4)ccc3Cl)oc2c1. The normalized spacial score (nSPS) is 11.2. The Bertz CT molecular complexity index is 1870. The molecule has 1 N–H and O–H groups in total. The number of halogens is 1. The number of rotatable bonds is 4. The Morgan fingerprint density at radius 3 is 2.49 bits per heavy atom. The maximum absolute atomic E-state index is 13.0. The fourth-order valence-electron chi connectivity index (χ4n) is 4.18. The van der Waals surface area contributed by atoms with Crippen LogP contribution in [0.4, 0.5) is 5.69 Å². The molecule has 0 bridgehead atoms. The van der Waals surface area contributed by atoms with E-state index >= 15 is 0 Å². The van der Waals surface area contributed by atoms with Crippen LogP contribution in [0.1, 0.15) is 15.9 Å². The number of oxazole rings is 1. The fourth-order valence-corrected chi connectivity index (χ4v) is 4.38. The lowest BCUT2D eigenvalue weighted by atomic mass is 10.0. The first-order valence-corrected chi connectivity index (χ1v) is 11.9. The summed E-state index contributed by atoms with van der Waals surface area (Å²) < 4.78 is 11.3. The average Bonchev–Trinajstić information content (AvgIpc) is 3.32. The topological polar surface area (TPSA) is 85.3 Å². The lowest BCUT2D eigenvalue weighted by Gasteiger charge is -2.08. The lowest BCUT2D eigenvalue weighted by Crippen LogP contribution is -2.12. The molecular formula is C30H19ClN2O4. The van der Waals surface area contributed by atoms with Crippen LogP contribution >= 0.6 is 11.6 Å². The number of carbonyl (C=O) groups excluding carboxylic acids is 1. The van der Waals surface area contributed by atoms with Crippen LogP contribution in [0.3, 0.4) is 0 Å². The van der Waals surface area contributed by atoms with Crippen molar-refractivity contribution in [2.75, 3.05) is 5.32 Å². The third kappa shape index (κ3) is 4.39. The molecule has 0 radical (unpaired) electrons. The maximum atomic E-state index is 13.0. The predicted octanol–water partition coefficient (Wildman–Crippen LogP) is 7.48. The Labute approximate surface area is 216 Å². The number of carbonyl (C=O) groups is 1. The quantitative estimate of drug-likeness (QED) is 0.250. The van der Waals surface area contributed by atoms with Crippen LogP contribution in [0.15, 0.2) is 105 Å². The lowest BCUT2D eigenvalue weighted by molar-refractivity contribution is 0.102. The van der Waals surface area contributed by atoms with Gasteiger partial charge in [-0.05, 0) is 72.6 Å². The first kappa shape index (κ1) is 22.8. The minimum atomic E-state index is -0.432. The standard InChI is InChI=1S/C30H19ClN2O4/c1-17-6-13-25-27(14-17)36-29(33-25)23-16-21(11-12-24(23)31)32-28(34)19-9-7-18(8-10-19)22-15-20-4-2-3-5-26(20)37-30(22)35/h2-16H,1H3,(H,32,34). The van der Waals surface area contributed by atoms with E-state index in [2.05, 4.69) is 10.3 Å². The minimum Gasteiger partial charge on any atom is -0.436 e. The van der Waals surface area contributed by atoms with Gasteiger partial charge in [0, 0.05) is 16.6 Å². The molecule has 4 aromatic carbocycles. The molecule has 6 aromatic rings. The first-order chi connectivity index (χ1) is 17.9. The van der Waals surface area contributed by atoms with Gasteiger partial charge < -0.3 is 14.2 Å². The molecule has 6 nitrogen and oxygen atoms in total. The molecule has 0 saturated carbocycles. The van der Waals surface area contributed by atoms with Crippen LogP contribution < -0.4 is 10.9 Å². The molecule has 37 heavy (non-hydrogen) atoms. The van der Waals surface area contributed by atoms with Gasteiger partial charge in [-0.15, -0.1) is 0 Å². The third-order valence-corrected chi connectivity index (χ3v) is 6.43. The minimum absolute atomic E-state index is 0.307. The number of para-hydroxylation sites is 1. The number of benzene rings is 4. The molecule has 0 saturated heterocycles. The van der Waals surface area contributed by atoms with Crippen molar-refractivity contribution in [2.24, 2.45) is 0 Å². The number of aryl methyl sites for hydroxylation is 1. The first-order valence-electron chi connectivity index (χ1n) is 11.6. The Kier molecular flexibility index (Phi) is 5.58. The number of nitrogens with one attached hydrogen (secondary N) is 1. The van der Waals surface area contributed by atoms with Crippen LogP contribution in [0.2, 0.25) is 5.02 Å². The summed E-state index contributed by atoms with van der Waals surface area (Å²) in [5.41, 5.74) is 5.21. The number of hydrogen-bond acceptors (Lipinski definition) is 5. The van der Waals surface area contributed by atoms with Crippen molar-refractivity contribution in [2.45, 2.75) is 6.92 Å². The van der Waals surface area contributed by atoms with Crippen molar-refractivity contribution >= 4 is 45.3 Å². The zero-order valence-corrected chi connectivity index (χ0v) is 20.4. The van der Waals surface area contributed by atoms with E-state index in [0.29, 0.717) is 50.0 Å². The summed E-state index contributed by atoms with van der Waals surface area (Å²) in [5, 5.41) is 4.17. The highest BCUT2D eigenvalue weighted by Gasteiger charge is 2.15. The van der Waals surface area contributed by atoms with Gasteiger partial charge in [-0.1, -0.05) is 48.0 Å². The molecule has 2 aromatic heterocycles.